The Kier molecular flexibility index (Phi) is 19.6. The number of unbranched alkanes of at least 4 members (excludes halogenated alkanes) is 9. The quantitative estimate of drug-likeness (QED) is 0.476. The minimum absolute atomic E-state index is 0. The van der Waals surface area contributed by atoms with Crippen molar-refractivity contribution < 1.29 is 26.2 Å². The van der Waals surface area contributed by atoms with Gasteiger partial charge in [-0.05, 0) is 6.42 Å². The van der Waals surface area contributed by atoms with Crippen molar-refractivity contribution in [3.05, 3.63) is 0 Å². The van der Waals surface area contributed by atoms with Gasteiger partial charge in [0.15, 0.2) is 0 Å². The summed E-state index contributed by atoms with van der Waals surface area (Å²) in [5, 5.41) is 8.57. The number of rotatable bonds is 10. The number of hydrogen-bond donors (Lipinski definition) is 1. The van der Waals surface area contributed by atoms with Crippen LogP contribution in [0, 0.1) is 0 Å². The molecule has 1 nitrogen and oxygen atoms in total. The summed E-state index contributed by atoms with van der Waals surface area (Å²) in [5.41, 5.74) is 0. The van der Waals surface area contributed by atoms with Gasteiger partial charge >= 0.3 is 0 Å². The first-order chi connectivity index (χ1) is 6.41. The second kappa shape index (κ2) is 16.1. The van der Waals surface area contributed by atoms with Crippen molar-refractivity contribution in [2.24, 2.45) is 0 Å². The summed E-state index contributed by atoms with van der Waals surface area (Å²) in [6.45, 7) is 2.63. The van der Waals surface area contributed by atoms with Crippen molar-refractivity contribution in [2.45, 2.75) is 71.1 Å². The van der Waals surface area contributed by atoms with Crippen LogP contribution in [0.15, 0.2) is 0 Å². The minimum atomic E-state index is 0. The Morgan fingerprint density at radius 3 is 1.36 bits per heavy atom. The second-order valence-corrected chi connectivity index (χ2v) is 3.91. The Hall–Kier alpha value is 0.648. The fourth-order valence-corrected chi connectivity index (χ4v) is 1.60. The Morgan fingerprint density at radius 1 is 0.643 bits per heavy atom. The van der Waals surface area contributed by atoms with E-state index in [-0.39, 0.29) is 21.1 Å². The summed E-state index contributed by atoms with van der Waals surface area (Å²) in [6, 6.07) is 0. The van der Waals surface area contributed by atoms with Crippen molar-refractivity contribution in [1.82, 2.24) is 0 Å². The van der Waals surface area contributed by atoms with E-state index >= 15 is 0 Å². The Bertz CT molecular complexity index is 76.4. The number of aliphatic hydroxyl groups is 1. The van der Waals surface area contributed by atoms with E-state index in [1.807, 2.05) is 0 Å². The van der Waals surface area contributed by atoms with Crippen LogP contribution in [0.4, 0.5) is 0 Å². The van der Waals surface area contributed by atoms with Gasteiger partial charge in [0.05, 0.1) is 0 Å². The molecule has 0 aromatic heterocycles. The van der Waals surface area contributed by atoms with Gasteiger partial charge < -0.3 is 5.11 Å². The van der Waals surface area contributed by atoms with E-state index in [2.05, 4.69) is 6.92 Å². The first kappa shape index (κ1) is 17.1. The SMILES string of the molecule is CCCCCCCCCCCCO.[Mo]. The molecule has 0 aromatic carbocycles. The molecule has 0 fully saturated rings. The third kappa shape index (κ3) is 15.1. The van der Waals surface area contributed by atoms with Crippen LogP contribution in [-0.2, 0) is 21.1 Å². The van der Waals surface area contributed by atoms with Crippen LogP contribution >= 0.6 is 0 Å². The molecule has 86 valence electrons. The van der Waals surface area contributed by atoms with E-state index in [4.69, 9.17) is 5.11 Å². The van der Waals surface area contributed by atoms with E-state index in [1.165, 1.54) is 57.8 Å². The van der Waals surface area contributed by atoms with Gasteiger partial charge in [0.2, 0.25) is 0 Å². The molecule has 0 saturated heterocycles. The van der Waals surface area contributed by atoms with Crippen LogP contribution in [0.1, 0.15) is 71.1 Å². The molecule has 0 unspecified atom stereocenters. The normalized spacial score (nSPS) is 9.86. The predicted molar refractivity (Wildman–Crippen MR) is 58.9 cm³/mol. The molecule has 0 heterocycles. The van der Waals surface area contributed by atoms with Gasteiger partial charge in [0.1, 0.15) is 0 Å². The van der Waals surface area contributed by atoms with Gasteiger partial charge in [-0.1, -0.05) is 64.7 Å². The summed E-state index contributed by atoms with van der Waals surface area (Å²) in [7, 11) is 0. The van der Waals surface area contributed by atoms with Gasteiger partial charge in [0.25, 0.3) is 0 Å². The summed E-state index contributed by atoms with van der Waals surface area (Å²) in [6.07, 6.45) is 13.3. The molecule has 0 atom stereocenters. The van der Waals surface area contributed by atoms with Gasteiger partial charge in [-0.2, -0.15) is 0 Å². The number of aliphatic hydroxyl groups excluding tert-OH is 1. The Balaban J connectivity index is 0. The molecule has 0 radical (unpaired) electrons. The maximum atomic E-state index is 8.57. The molecule has 2 heteroatoms. The molecule has 0 aromatic rings. The molecule has 0 rings (SSSR count). The van der Waals surface area contributed by atoms with Crippen molar-refractivity contribution >= 4 is 0 Å². The second-order valence-electron chi connectivity index (χ2n) is 3.91. The maximum absolute atomic E-state index is 8.57. The van der Waals surface area contributed by atoms with E-state index < -0.39 is 0 Å². The van der Waals surface area contributed by atoms with Gasteiger partial charge in [-0.25, -0.2) is 0 Å². The summed E-state index contributed by atoms with van der Waals surface area (Å²) < 4.78 is 0. The molecule has 0 aliphatic heterocycles. The van der Waals surface area contributed by atoms with E-state index in [0.717, 1.165) is 6.42 Å². The standard InChI is InChI=1S/C12H26O.Mo/c1-2-3-4-5-6-7-8-9-10-11-12-13;/h13H,2-12H2,1H3;. The zero-order chi connectivity index (χ0) is 9.78. The van der Waals surface area contributed by atoms with E-state index in [9.17, 15) is 0 Å². The fraction of sp³-hybridized carbons (Fsp3) is 1.00. The monoisotopic (exact) mass is 284 g/mol. The molecular weight excluding hydrogens is 256 g/mol. The first-order valence-corrected chi connectivity index (χ1v) is 6.02. The third-order valence-corrected chi connectivity index (χ3v) is 2.51. The van der Waals surface area contributed by atoms with Crippen LogP contribution in [0.25, 0.3) is 0 Å². The predicted octanol–water partition coefficient (Wildman–Crippen LogP) is 3.90. The van der Waals surface area contributed by atoms with Crippen LogP contribution in [-0.4, -0.2) is 11.7 Å². The van der Waals surface area contributed by atoms with Crippen molar-refractivity contribution in [3.63, 3.8) is 0 Å². The molecule has 0 saturated carbocycles. The average Bonchev–Trinajstić information content (AvgIpc) is 2.16. The Labute approximate surface area is 104 Å². The van der Waals surface area contributed by atoms with Crippen LogP contribution < -0.4 is 0 Å². The number of hydrogen-bond acceptors (Lipinski definition) is 1. The summed E-state index contributed by atoms with van der Waals surface area (Å²) >= 11 is 0. The molecule has 0 spiro atoms. The molecule has 0 aliphatic carbocycles. The first-order valence-electron chi connectivity index (χ1n) is 6.02. The van der Waals surface area contributed by atoms with Gasteiger partial charge in [-0.3, -0.25) is 0 Å². The topological polar surface area (TPSA) is 20.2 Å². The largest absolute Gasteiger partial charge is 0.396 e. The third-order valence-electron chi connectivity index (χ3n) is 2.51. The van der Waals surface area contributed by atoms with Crippen molar-refractivity contribution in [1.29, 1.82) is 0 Å². The van der Waals surface area contributed by atoms with Crippen LogP contribution in [0.3, 0.4) is 0 Å². The molecule has 1 N–H and O–H groups in total. The zero-order valence-electron chi connectivity index (χ0n) is 9.63. The van der Waals surface area contributed by atoms with E-state index in [1.54, 1.807) is 0 Å². The molecular formula is C12H26MoO. The molecule has 0 aliphatic rings. The molecule has 0 bridgehead atoms. The van der Waals surface area contributed by atoms with Gasteiger partial charge in [-0.15, -0.1) is 0 Å². The van der Waals surface area contributed by atoms with E-state index in [0.29, 0.717) is 6.61 Å². The van der Waals surface area contributed by atoms with Crippen LogP contribution in [0.2, 0.25) is 0 Å². The van der Waals surface area contributed by atoms with Gasteiger partial charge in [0, 0.05) is 27.7 Å². The van der Waals surface area contributed by atoms with Crippen molar-refractivity contribution in [3.8, 4) is 0 Å². The minimum Gasteiger partial charge on any atom is -0.396 e. The summed E-state index contributed by atoms with van der Waals surface area (Å²) in [5.74, 6) is 0. The molecule has 0 amide bonds. The Morgan fingerprint density at radius 2 is 1.00 bits per heavy atom. The smallest absolute Gasteiger partial charge is 0.0431 e. The van der Waals surface area contributed by atoms with Crippen LogP contribution in [0.5, 0.6) is 0 Å². The van der Waals surface area contributed by atoms with Crippen molar-refractivity contribution in [2.75, 3.05) is 6.61 Å². The average molecular weight is 282 g/mol. The summed E-state index contributed by atoms with van der Waals surface area (Å²) in [4.78, 5) is 0. The zero-order valence-corrected chi connectivity index (χ0v) is 11.6. The maximum Gasteiger partial charge on any atom is 0.0431 e. The fourth-order valence-electron chi connectivity index (χ4n) is 1.60. The molecule has 14 heavy (non-hydrogen) atoms.